The summed E-state index contributed by atoms with van der Waals surface area (Å²) in [7, 11) is 0. The zero-order valence-corrected chi connectivity index (χ0v) is 13.1. The third-order valence-electron chi connectivity index (χ3n) is 4.05. The quantitative estimate of drug-likeness (QED) is 0.869. The zero-order chi connectivity index (χ0) is 16.2. The summed E-state index contributed by atoms with van der Waals surface area (Å²) in [4.78, 5) is 27.9. The number of rotatable bonds is 3. The first-order chi connectivity index (χ1) is 11.2. The molecule has 6 nitrogen and oxygen atoms in total. The predicted molar refractivity (Wildman–Crippen MR) is 84.7 cm³/mol. The van der Waals surface area contributed by atoms with Gasteiger partial charge in [0.1, 0.15) is 5.69 Å². The molecule has 0 aliphatic carbocycles. The van der Waals surface area contributed by atoms with E-state index in [9.17, 15) is 9.59 Å². The molecule has 0 unspecified atom stereocenters. The maximum Gasteiger partial charge on any atom is 0.292 e. The summed E-state index contributed by atoms with van der Waals surface area (Å²) >= 11 is 0. The molecule has 1 aliphatic rings. The Kier molecular flexibility index (Phi) is 4.41. The number of amides is 2. The van der Waals surface area contributed by atoms with Crippen molar-refractivity contribution in [2.24, 2.45) is 0 Å². The Hall–Kier alpha value is -2.63. The van der Waals surface area contributed by atoms with Crippen molar-refractivity contribution in [3.63, 3.8) is 0 Å². The number of carbonyl (C=O) groups is 2. The van der Waals surface area contributed by atoms with Gasteiger partial charge in [-0.1, -0.05) is 35.5 Å². The highest BCUT2D eigenvalue weighted by atomic mass is 16.5. The SMILES string of the molecule is CCN1CCN(C(=O)c2cc(-c3ccccc3)no2)CCC1=O. The minimum absolute atomic E-state index is 0.0883. The summed E-state index contributed by atoms with van der Waals surface area (Å²) in [6, 6.07) is 11.2. The first kappa shape index (κ1) is 15.3. The molecule has 2 aromatic rings. The fourth-order valence-electron chi connectivity index (χ4n) is 2.68. The number of likely N-dealkylation sites (N-methyl/N-ethyl adjacent to an activating group) is 1. The zero-order valence-electron chi connectivity index (χ0n) is 13.1. The summed E-state index contributed by atoms with van der Waals surface area (Å²) in [5, 5.41) is 3.97. The summed E-state index contributed by atoms with van der Waals surface area (Å²) in [5.41, 5.74) is 1.54. The summed E-state index contributed by atoms with van der Waals surface area (Å²) in [6.07, 6.45) is 0.346. The molecule has 1 saturated heterocycles. The van der Waals surface area contributed by atoms with Crippen molar-refractivity contribution < 1.29 is 14.1 Å². The molecule has 1 aromatic heterocycles. The van der Waals surface area contributed by atoms with Gasteiger partial charge in [0.25, 0.3) is 5.91 Å². The van der Waals surface area contributed by atoms with Crippen LogP contribution in [0.4, 0.5) is 0 Å². The van der Waals surface area contributed by atoms with Gasteiger partial charge in [0, 0.05) is 44.2 Å². The van der Waals surface area contributed by atoms with Gasteiger partial charge >= 0.3 is 0 Å². The lowest BCUT2D eigenvalue weighted by molar-refractivity contribution is -0.130. The van der Waals surface area contributed by atoms with Gasteiger partial charge in [-0.3, -0.25) is 9.59 Å². The summed E-state index contributed by atoms with van der Waals surface area (Å²) < 4.78 is 5.22. The molecule has 1 fully saturated rings. The van der Waals surface area contributed by atoms with E-state index in [-0.39, 0.29) is 17.6 Å². The maximum atomic E-state index is 12.6. The van der Waals surface area contributed by atoms with Crippen LogP contribution in [0.2, 0.25) is 0 Å². The average Bonchev–Trinajstić information content (AvgIpc) is 3.00. The van der Waals surface area contributed by atoms with Crippen molar-refractivity contribution in [2.45, 2.75) is 13.3 Å². The van der Waals surface area contributed by atoms with E-state index in [0.717, 1.165) is 5.56 Å². The molecular formula is C17H19N3O3. The van der Waals surface area contributed by atoms with Crippen LogP contribution in [0.3, 0.4) is 0 Å². The van der Waals surface area contributed by atoms with Crippen LogP contribution in [0.25, 0.3) is 11.3 Å². The molecule has 0 atom stereocenters. The standard InChI is InChI=1S/C17H19N3O3/c1-2-19-10-11-20(9-8-16(19)21)17(22)15-12-14(18-23-15)13-6-4-3-5-7-13/h3-7,12H,2,8-11H2,1H3. The second-order valence-electron chi connectivity index (χ2n) is 5.46. The molecule has 1 aromatic carbocycles. The maximum absolute atomic E-state index is 12.6. The average molecular weight is 313 g/mol. The van der Waals surface area contributed by atoms with Crippen LogP contribution >= 0.6 is 0 Å². The Balaban J connectivity index is 1.74. The van der Waals surface area contributed by atoms with E-state index in [4.69, 9.17) is 4.52 Å². The third kappa shape index (κ3) is 3.26. The van der Waals surface area contributed by atoms with Crippen molar-refractivity contribution in [1.29, 1.82) is 0 Å². The van der Waals surface area contributed by atoms with E-state index in [1.165, 1.54) is 0 Å². The topological polar surface area (TPSA) is 66.7 Å². The highest BCUT2D eigenvalue weighted by molar-refractivity contribution is 5.93. The highest BCUT2D eigenvalue weighted by Gasteiger charge is 2.26. The van der Waals surface area contributed by atoms with Gasteiger partial charge < -0.3 is 14.3 Å². The predicted octanol–water partition coefficient (Wildman–Crippen LogP) is 2.04. The summed E-state index contributed by atoms with van der Waals surface area (Å²) in [6.45, 7) is 4.09. The van der Waals surface area contributed by atoms with E-state index in [2.05, 4.69) is 5.16 Å². The van der Waals surface area contributed by atoms with Crippen LogP contribution in [0.15, 0.2) is 40.9 Å². The number of hydrogen-bond acceptors (Lipinski definition) is 4. The lowest BCUT2D eigenvalue weighted by Gasteiger charge is -2.20. The Morgan fingerprint density at radius 3 is 2.74 bits per heavy atom. The molecule has 3 rings (SSSR count). The second-order valence-corrected chi connectivity index (χ2v) is 5.46. The first-order valence-electron chi connectivity index (χ1n) is 7.78. The molecule has 2 amide bonds. The molecule has 0 spiro atoms. The number of carbonyl (C=O) groups excluding carboxylic acids is 2. The van der Waals surface area contributed by atoms with E-state index in [0.29, 0.717) is 38.3 Å². The van der Waals surface area contributed by atoms with Crippen molar-refractivity contribution in [2.75, 3.05) is 26.2 Å². The molecule has 120 valence electrons. The number of aromatic nitrogens is 1. The third-order valence-corrected chi connectivity index (χ3v) is 4.05. The van der Waals surface area contributed by atoms with E-state index < -0.39 is 0 Å². The van der Waals surface area contributed by atoms with Crippen molar-refractivity contribution >= 4 is 11.8 Å². The molecule has 0 radical (unpaired) electrons. The van der Waals surface area contributed by atoms with Crippen molar-refractivity contribution in [1.82, 2.24) is 15.0 Å². The van der Waals surface area contributed by atoms with Gasteiger partial charge in [-0.2, -0.15) is 0 Å². The Labute approximate surface area is 134 Å². The first-order valence-corrected chi connectivity index (χ1v) is 7.78. The molecule has 23 heavy (non-hydrogen) atoms. The fraction of sp³-hybridized carbons (Fsp3) is 0.353. The Morgan fingerprint density at radius 1 is 1.22 bits per heavy atom. The van der Waals surface area contributed by atoms with Gasteiger partial charge in [0.15, 0.2) is 0 Å². The van der Waals surface area contributed by atoms with Gasteiger partial charge in [-0.25, -0.2) is 0 Å². The van der Waals surface area contributed by atoms with Gasteiger partial charge in [0.05, 0.1) is 0 Å². The monoisotopic (exact) mass is 313 g/mol. The van der Waals surface area contributed by atoms with Crippen LogP contribution in [0.1, 0.15) is 23.9 Å². The molecule has 0 bridgehead atoms. The second kappa shape index (κ2) is 6.64. The van der Waals surface area contributed by atoms with Crippen LogP contribution in [0, 0.1) is 0 Å². The minimum Gasteiger partial charge on any atom is -0.350 e. The van der Waals surface area contributed by atoms with Gasteiger partial charge in [0.2, 0.25) is 11.7 Å². The molecule has 2 heterocycles. The highest BCUT2D eigenvalue weighted by Crippen LogP contribution is 2.20. The summed E-state index contributed by atoms with van der Waals surface area (Å²) in [5.74, 6) is 0.0806. The van der Waals surface area contributed by atoms with Crippen molar-refractivity contribution in [3.05, 3.63) is 42.2 Å². The van der Waals surface area contributed by atoms with Crippen LogP contribution in [0.5, 0.6) is 0 Å². The molecule has 0 N–H and O–H groups in total. The van der Waals surface area contributed by atoms with Crippen LogP contribution in [-0.4, -0.2) is 52.9 Å². The van der Waals surface area contributed by atoms with E-state index in [1.807, 2.05) is 37.3 Å². The number of nitrogens with zero attached hydrogens (tertiary/aromatic N) is 3. The van der Waals surface area contributed by atoms with E-state index >= 15 is 0 Å². The fourth-order valence-corrected chi connectivity index (χ4v) is 2.68. The molecule has 0 saturated carbocycles. The Morgan fingerprint density at radius 2 is 2.00 bits per heavy atom. The normalized spacial score (nSPS) is 15.6. The number of hydrogen-bond donors (Lipinski definition) is 0. The molecule has 1 aliphatic heterocycles. The lowest BCUT2D eigenvalue weighted by atomic mass is 10.1. The largest absolute Gasteiger partial charge is 0.350 e. The van der Waals surface area contributed by atoms with E-state index in [1.54, 1.807) is 15.9 Å². The smallest absolute Gasteiger partial charge is 0.292 e. The molecular weight excluding hydrogens is 294 g/mol. The molecule has 6 heteroatoms. The lowest BCUT2D eigenvalue weighted by Crippen LogP contribution is -2.35. The van der Waals surface area contributed by atoms with Crippen molar-refractivity contribution in [3.8, 4) is 11.3 Å². The minimum atomic E-state index is -0.217. The number of benzene rings is 1. The van der Waals surface area contributed by atoms with Gasteiger partial charge in [-0.05, 0) is 6.92 Å². The van der Waals surface area contributed by atoms with Gasteiger partial charge in [-0.15, -0.1) is 0 Å². The van der Waals surface area contributed by atoms with Crippen LogP contribution in [-0.2, 0) is 4.79 Å². The van der Waals surface area contributed by atoms with Crippen LogP contribution < -0.4 is 0 Å². The Bertz CT molecular complexity index is 696.